The number of hydrogen-bond acceptors (Lipinski definition) is 6. The second-order valence-corrected chi connectivity index (χ2v) is 22.2. The summed E-state index contributed by atoms with van der Waals surface area (Å²) in [5.41, 5.74) is 19.2. The monoisotopic (exact) mass is 1000 g/mol. The fraction of sp³-hybridized carbons (Fsp3) is 0.0143. The van der Waals surface area contributed by atoms with Crippen LogP contribution in [0.5, 0.6) is 0 Å². The molecule has 0 bridgehead atoms. The molecule has 6 heteroatoms. The van der Waals surface area contributed by atoms with E-state index in [1.54, 1.807) is 22.7 Å². The fourth-order valence-electron chi connectivity index (χ4n) is 13.0. The van der Waals surface area contributed by atoms with Gasteiger partial charge in [0, 0.05) is 67.8 Å². The van der Waals surface area contributed by atoms with Crippen LogP contribution in [0.25, 0.3) is 141 Å². The minimum absolute atomic E-state index is 0.407. The zero-order chi connectivity index (χ0) is 49.6. The molecule has 0 N–H and O–H groups in total. The molecular formula is C70H39N3OS2. The molecule has 4 nitrogen and oxygen atoms in total. The average Bonchev–Trinajstić information content (AvgIpc) is 4.49. The summed E-state index contributed by atoms with van der Waals surface area (Å²) in [4.78, 5) is 16.3. The van der Waals surface area contributed by atoms with Gasteiger partial charge in [0.1, 0.15) is 11.2 Å². The van der Waals surface area contributed by atoms with Crippen LogP contribution >= 0.6 is 22.7 Å². The summed E-state index contributed by atoms with van der Waals surface area (Å²) in [6.07, 6.45) is 0. The maximum atomic E-state index is 6.71. The lowest BCUT2D eigenvalue weighted by Crippen LogP contribution is -2.25. The number of hydrogen-bond donors (Lipinski definition) is 0. The van der Waals surface area contributed by atoms with Crippen LogP contribution in [0.1, 0.15) is 22.3 Å². The maximum Gasteiger partial charge on any atom is 0.165 e. The van der Waals surface area contributed by atoms with Crippen molar-refractivity contribution in [1.82, 2.24) is 15.0 Å². The number of benzene rings is 11. The third kappa shape index (κ3) is 5.85. The summed E-state index contributed by atoms with van der Waals surface area (Å²) in [6, 6.07) is 86.2. The lowest BCUT2D eigenvalue weighted by molar-refractivity contribution is 0.669. The molecule has 0 aliphatic heterocycles. The predicted molar refractivity (Wildman–Crippen MR) is 316 cm³/mol. The highest BCUT2D eigenvalue weighted by Crippen LogP contribution is 2.63. The van der Waals surface area contributed by atoms with Gasteiger partial charge in [-0.3, -0.25) is 0 Å². The maximum absolute atomic E-state index is 6.71. The number of furan rings is 1. The second-order valence-electron chi connectivity index (χ2n) is 20.1. The third-order valence-corrected chi connectivity index (χ3v) is 18.5. The van der Waals surface area contributed by atoms with Crippen molar-refractivity contribution in [2.75, 3.05) is 0 Å². The SMILES string of the molecule is c1cc(-c2ccc3c(c2)C2(c4ccccc4-c4ccccc42)c2ccccc2-3)cc(-c2ccc3oc4cccc(-c5nc(-c6cccc7c6sc6ccccc67)nc(-c6cccc7sc8ccccc8c67)n5)c4c3c2)c1. The molecule has 0 fully saturated rings. The van der Waals surface area contributed by atoms with Crippen molar-refractivity contribution in [2.24, 2.45) is 0 Å². The summed E-state index contributed by atoms with van der Waals surface area (Å²) in [7, 11) is 0. The van der Waals surface area contributed by atoms with E-state index < -0.39 is 5.41 Å². The van der Waals surface area contributed by atoms with Gasteiger partial charge in [-0.2, -0.15) is 0 Å². The van der Waals surface area contributed by atoms with Gasteiger partial charge in [0.25, 0.3) is 0 Å². The molecule has 76 heavy (non-hydrogen) atoms. The van der Waals surface area contributed by atoms with Crippen LogP contribution in [-0.2, 0) is 5.41 Å². The first-order valence-electron chi connectivity index (χ1n) is 25.7. The van der Waals surface area contributed by atoms with Gasteiger partial charge in [0.2, 0.25) is 0 Å². The third-order valence-electron chi connectivity index (χ3n) is 16.2. The lowest BCUT2D eigenvalue weighted by Gasteiger charge is -2.30. The fourth-order valence-corrected chi connectivity index (χ4v) is 15.3. The van der Waals surface area contributed by atoms with Crippen molar-refractivity contribution in [1.29, 1.82) is 0 Å². The summed E-state index contributed by atoms with van der Waals surface area (Å²) < 4.78 is 11.5. The van der Waals surface area contributed by atoms with Gasteiger partial charge in [-0.05, 0) is 121 Å². The van der Waals surface area contributed by atoms with E-state index in [1.807, 2.05) is 0 Å². The minimum Gasteiger partial charge on any atom is -0.456 e. The van der Waals surface area contributed by atoms with Gasteiger partial charge in [-0.1, -0.05) is 182 Å². The molecular weight excluding hydrogens is 963 g/mol. The zero-order valence-electron chi connectivity index (χ0n) is 40.6. The topological polar surface area (TPSA) is 51.8 Å². The first kappa shape index (κ1) is 42.1. The van der Waals surface area contributed by atoms with Crippen molar-refractivity contribution in [3.63, 3.8) is 0 Å². The van der Waals surface area contributed by atoms with Crippen LogP contribution in [0, 0.1) is 0 Å². The Kier molecular flexibility index (Phi) is 8.77. The largest absolute Gasteiger partial charge is 0.456 e. The quantitative estimate of drug-likeness (QED) is 0.172. The minimum atomic E-state index is -0.407. The Morgan fingerprint density at radius 3 is 1.50 bits per heavy atom. The van der Waals surface area contributed by atoms with Crippen LogP contribution < -0.4 is 0 Å². The number of thiophene rings is 2. The molecule has 2 aliphatic rings. The summed E-state index contributed by atoms with van der Waals surface area (Å²) in [6.45, 7) is 0. The van der Waals surface area contributed by atoms with Crippen LogP contribution in [0.2, 0.25) is 0 Å². The van der Waals surface area contributed by atoms with Gasteiger partial charge >= 0.3 is 0 Å². The Balaban J connectivity index is 0.829. The van der Waals surface area contributed by atoms with Crippen molar-refractivity contribution in [3.05, 3.63) is 259 Å². The average molecular weight is 1000 g/mol. The molecule has 0 unspecified atom stereocenters. The van der Waals surface area contributed by atoms with E-state index >= 15 is 0 Å². The standard InChI is InChI=1S/C70H39N3OS2/c1-6-26-55-44(17-1)45-18-2-7-27-56(45)70(55)57-28-8-3-19-46(57)47-35-33-43(39-58(47)70)41-16-11-15-40(37-41)42-34-36-59-54(38-42)64-51(23-13-29-60(64)74-59)67-71-68(52-24-14-32-63-65(52)50-21-5-10-31-62(50)75-63)73-69(72-67)53-25-12-22-49-48-20-4-9-30-61(48)76-66(49)53/h1-39H. The van der Waals surface area contributed by atoms with Gasteiger partial charge in [0.05, 0.1) is 5.41 Å². The lowest BCUT2D eigenvalue weighted by atomic mass is 9.70. The van der Waals surface area contributed by atoms with E-state index in [9.17, 15) is 0 Å². The molecule has 4 aromatic heterocycles. The smallest absolute Gasteiger partial charge is 0.165 e. The van der Waals surface area contributed by atoms with Crippen LogP contribution in [0.3, 0.4) is 0 Å². The van der Waals surface area contributed by atoms with E-state index in [1.165, 1.54) is 80.3 Å². The van der Waals surface area contributed by atoms with Crippen molar-refractivity contribution >= 4 is 85.0 Å². The summed E-state index contributed by atoms with van der Waals surface area (Å²) in [5, 5.41) is 6.76. The Morgan fingerprint density at radius 2 is 0.776 bits per heavy atom. The molecule has 4 heterocycles. The van der Waals surface area contributed by atoms with Gasteiger partial charge in [-0.25, -0.2) is 15.0 Å². The van der Waals surface area contributed by atoms with E-state index in [2.05, 4.69) is 237 Å². The molecule has 352 valence electrons. The molecule has 1 spiro atoms. The van der Waals surface area contributed by atoms with Gasteiger partial charge in [-0.15, -0.1) is 22.7 Å². The van der Waals surface area contributed by atoms with Crippen LogP contribution in [-0.4, -0.2) is 15.0 Å². The molecule has 11 aromatic carbocycles. The Bertz CT molecular complexity index is 4920. The molecule has 15 aromatic rings. The van der Waals surface area contributed by atoms with Crippen molar-refractivity contribution < 1.29 is 4.42 Å². The number of rotatable bonds is 5. The molecule has 0 saturated carbocycles. The summed E-state index contributed by atoms with van der Waals surface area (Å²) >= 11 is 3.58. The summed E-state index contributed by atoms with van der Waals surface area (Å²) in [5.74, 6) is 1.87. The van der Waals surface area contributed by atoms with Gasteiger partial charge in [0.15, 0.2) is 17.5 Å². The Labute approximate surface area is 444 Å². The first-order valence-corrected chi connectivity index (χ1v) is 27.4. The molecule has 2 aliphatic carbocycles. The van der Waals surface area contributed by atoms with Crippen molar-refractivity contribution in [3.8, 4) is 78.7 Å². The molecule has 17 rings (SSSR count). The molecule has 0 amide bonds. The van der Waals surface area contributed by atoms with E-state index in [4.69, 9.17) is 19.4 Å². The van der Waals surface area contributed by atoms with Crippen LogP contribution in [0.4, 0.5) is 0 Å². The second kappa shape index (κ2) is 15.8. The zero-order valence-corrected chi connectivity index (χ0v) is 42.2. The highest BCUT2D eigenvalue weighted by molar-refractivity contribution is 7.26. The van der Waals surface area contributed by atoms with E-state index in [-0.39, 0.29) is 0 Å². The van der Waals surface area contributed by atoms with E-state index in [0.29, 0.717) is 17.5 Å². The van der Waals surface area contributed by atoms with Crippen molar-refractivity contribution in [2.45, 2.75) is 5.41 Å². The normalized spacial score (nSPS) is 13.1. The highest BCUT2D eigenvalue weighted by Gasteiger charge is 2.51. The van der Waals surface area contributed by atoms with Crippen LogP contribution in [0.15, 0.2) is 241 Å². The Hall–Kier alpha value is -9.33. The Morgan fingerprint density at radius 1 is 0.289 bits per heavy atom. The number of fused-ring (bicyclic) bond motifs is 19. The molecule has 0 atom stereocenters. The molecule has 0 radical (unpaired) electrons. The highest BCUT2D eigenvalue weighted by atomic mass is 32.1. The first-order chi connectivity index (χ1) is 37.7. The van der Waals surface area contributed by atoms with Gasteiger partial charge < -0.3 is 4.42 Å². The predicted octanol–water partition coefficient (Wildman–Crippen LogP) is 19.2. The number of nitrogens with zero attached hydrogens (tertiary/aromatic N) is 3. The number of aromatic nitrogens is 3. The van der Waals surface area contributed by atoms with E-state index in [0.717, 1.165) is 65.4 Å². The molecule has 0 saturated heterocycles.